The van der Waals surface area contributed by atoms with Crippen LogP contribution in [0.1, 0.15) is 16.7 Å². The van der Waals surface area contributed by atoms with E-state index in [1.807, 2.05) is 38.1 Å². The standard InChI is InChI=1S/C16H15N3O2/c1-10-3-4-12(7-11(10)2)14-6-5-13(8-17)16(21)19(14)9-15(18)20/h3-7H,9H2,1-2H3,(H2,18,20). The summed E-state index contributed by atoms with van der Waals surface area (Å²) < 4.78 is 1.24. The quantitative estimate of drug-likeness (QED) is 0.924. The molecule has 0 saturated carbocycles. The highest BCUT2D eigenvalue weighted by Gasteiger charge is 2.12. The first-order valence-electron chi connectivity index (χ1n) is 6.44. The number of amides is 1. The monoisotopic (exact) mass is 281 g/mol. The van der Waals surface area contributed by atoms with Crippen LogP contribution < -0.4 is 11.3 Å². The predicted octanol–water partition coefficient (Wildman–Crippen LogP) is 1.49. The molecule has 2 N–H and O–H groups in total. The van der Waals surface area contributed by atoms with E-state index in [-0.39, 0.29) is 12.1 Å². The highest BCUT2D eigenvalue weighted by Crippen LogP contribution is 2.21. The van der Waals surface area contributed by atoms with Gasteiger partial charge in [0.1, 0.15) is 18.2 Å². The average Bonchev–Trinajstić information content (AvgIpc) is 2.44. The number of carbonyl (C=O) groups excluding carboxylic acids is 1. The number of aromatic nitrogens is 1. The number of nitriles is 1. The predicted molar refractivity (Wildman–Crippen MR) is 79.5 cm³/mol. The fourth-order valence-electron chi connectivity index (χ4n) is 2.13. The van der Waals surface area contributed by atoms with Gasteiger partial charge in [0.05, 0.1) is 5.69 Å². The van der Waals surface area contributed by atoms with Crippen LogP contribution in [0.4, 0.5) is 0 Å². The second-order valence-electron chi connectivity index (χ2n) is 4.90. The van der Waals surface area contributed by atoms with Gasteiger partial charge in [0.25, 0.3) is 5.56 Å². The molecule has 2 rings (SSSR count). The Balaban J connectivity index is 2.70. The van der Waals surface area contributed by atoms with E-state index in [9.17, 15) is 9.59 Å². The molecule has 1 aromatic carbocycles. The molecule has 0 aliphatic carbocycles. The second-order valence-corrected chi connectivity index (χ2v) is 4.90. The zero-order chi connectivity index (χ0) is 15.6. The Hall–Kier alpha value is -2.87. The number of hydrogen-bond donors (Lipinski definition) is 1. The number of benzene rings is 1. The summed E-state index contributed by atoms with van der Waals surface area (Å²) in [6.07, 6.45) is 0. The van der Waals surface area contributed by atoms with E-state index in [1.165, 1.54) is 10.6 Å². The van der Waals surface area contributed by atoms with Crippen molar-refractivity contribution in [2.75, 3.05) is 0 Å². The van der Waals surface area contributed by atoms with Gasteiger partial charge in [-0.2, -0.15) is 5.26 Å². The Morgan fingerprint density at radius 2 is 1.95 bits per heavy atom. The molecular formula is C16H15N3O2. The minimum Gasteiger partial charge on any atom is -0.368 e. The summed E-state index contributed by atoms with van der Waals surface area (Å²) in [4.78, 5) is 23.4. The summed E-state index contributed by atoms with van der Waals surface area (Å²) in [5.41, 5.74) is 8.28. The zero-order valence-corrected chi connectivity index (χ0v) is 11.9. The minimum absolute atomic E-state index is 0.0103. The number of nitrogens with zero attached hydrogens (tertiary/aromatic N) is 2. The molecule has 0 spiro atoms. The van der Waals surface area contributed by atoms with Crippen LogP contribution in [0, 0.1) is 25.2 Å². The lowest BCUT2D eigenvalue weighted by molar-refractivity contribution is -0.118. The average molecular weight is 281 g/mol. The van der Waals surface area contributed by atoms with Crippen LogP contribution in [0.5, 0.6) is 0 Å². The first-order chi connectivity index (χ1) is 9.93. The van der Waals surface area contributed by atoms with E-state index in [2.05, 4.69) is 0 Å². The summed E-state index contributed by atoms with van der Waals surface area (Å²) in [6.45, 7) is 3.71. The van der Waals surface area contributed by atoms with Crippen molar-refractivity contribution in [2.24, 2.45) is 5.73 Å². The van der Waals surface area contributed by atoms with Crippen LogP contribution in [0.3, 0.4) is 0 Å². The molecular weight excluding hydrogens is 266 g/mol. The molecule has 0 saturated heterocycles. The van der Waals surface area contributed by atoms with Crippen LogP contribution in [0.25, 0.3) is 11.3 Å². The molecule has 5 heteroatoms. The van der Waals surface area contributed by atoms with E-state index in [0.717, 1.165) is 16.7 Å². The Morgan fingerprint density at radius 1 is 1.24 bits per heavy atom. The summed E-state index contributed by atoms with van der Waals surface area (Å²) in [6, 6.07) is 10.7. The van der Waals surface area contributed by atoms with Crippen molar-refractivity contribution in [1.29, 1.82) is 5.26 Å². The van der Waals surface area contributed by atoms with Crippen molar-refractivity contribution in [3.63, 3.8) is 0 Å². The molecule has 0 radical (unpaired) electrons. The Kier molecular flexibility index (Phi) is 3.90. The van der Waals surface area contributed by atoms with Gasteiger partial charge < -0.3 is 5.73 Å². The third kappa shape index (κ3) is 2.84. The molecule has 0 aliphatic rings. The number of rotatable bonds is 3. The summed E-state index contributed by atoms with van der Waals surface area (Å²) in [7, 11) is 0. The first kappa shape index (κ1) is 14.5. The fourth-order valence-corrected chi connectivity index (χ4v) is 2.13. The van der Waals surface area contributed by atoms with Gasteiger partial charge in [-0.1, -0.05) is 12.1 Å². The number of primary amides is 1. The van der Waals surface area contributed by atoms with Gasteiger partial charge in [-0.25, -0.2) is 0 Å². The maximum atomic E-state index is 12.2. The van der Waals surface area contributed by atoms with Crippen molar-refractivity contribution in [3.8, 4) is 17.3 Å². The zero-order valence-electron chi connectivity index (χ0n) is 11.9. The maximum absolute atomic E-state index is 12.2. The van der Waals surface area contributed by atoms with Crippen molar-refractivity contribution in [1.82, 2.24) is 4.57 Å². The third-order valence-corrected chi connectivity index (χ3v) is 3.41. The molecule has 1 aromatic heterocycles. The Bertz CT molecular complexity index is 813. The van der Waals surface area contributed by atoms with Gasteiger partial charge in [-0.05, 0) is 48.7 Å². The maximum Gasteiger partial charge on any atom is 0.269 e. The van der Waals surface area contributed by atoms with Gasteiger partial charge in [0, 0.05) is 0 Å². The van der Waals surface area contributed by atoms with Crippen LogP contribution in [0.15, 0.2) is 35.1 Å². The molecule has 106 valence electrons. The highest BCUT2D eigenvalue weighted by molar-refractivity contribution is 5.75. The lowest BCUT2D eigenvalue weighted by atomic mass is 10.0. The fraction of sp³-hybridized carbons (Fsp3) is 0.188. The van der Waals surface area contributed by atoms with E-state index in [1.54, 1.807) is 6.07 Å². The molecule has 0 atom stereocenters. The van der Waals surface area contributed by atoms with Crippen molar-refractivity contribution in [3.05, 3.63) is 57.4 Å². The first-order valence-corrected chi connectivity index (χ1v) is 6.44. The number of nitrogens with two attached hydrogens (primary N) is 1. The molecule has 21 heavy (non-hydrogen) atoms. The number of hydrogen-bond acceptors (Lipinski definition) is 3. The highest BCUT2D eigenvalue weighted by atomic mass is 16.2. The minimum atomic E-state index is -0.628. The van der Waals surface area contributed by atoms with E-state index in [4.69, 9.17) is 11.0 Å². The number of pyridine rings is 1. The molecule has 0 aliphatic heterocycles. The lowest BCUT2D eigenvalue weighted by Gasteiger charge is -2.13. The van der Waals surface area contributed by atoms with Crippen LogP contribution >= 0.6 is 0 Å². The van der Waals surface area contributed by atoms with Crippen LogP contribution in [-0.2, 0) is 11.3 Å². The smallest absolute Gasteiger partial charge is 0.269 e. The summed E-state index contributed by atoms with van der Waals surface area (Å²) in [5.74, 6) is -0.628. The van der Waals surface area contributed by atoms with E-state index < -0.39 is 11.5 Å². The summed E-state index contributed by atoms with van der Waals surface area (Å²) >= 11 is 0. The topological polar surface area (TPSA) is 88.9 Å². The molecule has 0 unspecified atom stereocenters. The Morgan fingerprint density at radius 3 is 2.52 bits per heavy atom. The molecule has 0 bridgehead atoms. The number of carbonyl (C=O) groups is 1. The molecule has 0 fully saturated rings. The molecule has 1 amide bonds. The molecule has 2 aromatic rings. The largest absolute Gasteiger partial charge is 0.368 e. The van der Waals surface area contributed by atoms with Gasteiger partial charge in [0.2, 0.25) is 5.91 Å². The molecule has 5 nitrogen and oxygen atoms in total. The summed E-state index contributed by atoms with van der Waals surface area (Å²) in [5, 5.41) is 8.94. The lowest BCUT2D eigenvalue weighted by Crippen LogP contribution is -2.30. The van der Waals surface area contributed by atoms with Crippen LogP contribution in [-0.4, -0.2) is 10.5 Å². The van der Waals surface area contributed by atoms with Gasteiger partial charge in [0.15, 0.2) is 0 Å². The van der Waals surface area contributed by atoms with Gasteiger partial charge >= 0.3 is 0 Å². The van der Waals surface area contributed by atoms with Crippen LogP contribution in [0.2, 0.25) is 0 Å². The SMILES string of the molecule is Cc1ccc(-c2ccc(C#N)c(=O)n2CC(N)=O)cc1C. The van der Waals surface area contributed by atoms with Crippen molar-refractivity contribution < 1.29 is 4.79 Å². The van der Waals surface area contributed by atoms with E-state index in [0.29, 0.717) is 5.69 Å². The van der Waals surface area contributed by atoms with Crippen molar-refractivity contribution >= 4 is 5.91 Å². The second kappa shape index (κ2) is 5.63. The molecule has 1 heterocycles. The van der Waals surface area contributed by atoms with Gasteiger partial charge in [-0.15, -0.1) is 0 Å². The van der Waals surface area contributed by atoms with Gasteiger partial charge in [-0.3, -0.25) is 14.2 Å². The third-order valence-electron chi connectivity index (χ3n) is 3.41. The Labute approximate surface area is 122 Å². The van der Waals surface area contributed by atoms with Crippen molar-refractivity contribution in [2.45, 2.75) is 20.4 Å². The normalized spacial score (nSPS) is 10.1. The van der Waals surface area contributed by atoms with E-state index >= 15 is 0 Å². The number of aryl methyl sites for hydroxylation is 2.